The molecular formula is C24H32N2O5S. The maximum Gasteiger partial charge on any atom is 0.256 e. The molecule has 0 unspecified atom stereocenters. The number of likely N-dealkylation sites (tertiary alicyclic amines) is 1. The number of ether oxygens (including phenoxy) is 2. The van der Waals surface area contributed by atoms with Gasteiger partial charge in [-0.1, -0.05) is 30.3 Å². The van der Waals surface area contributed by atoms with Crippen LogP contribution in [-0.2, 0) is 16.4 Å². The summed E-state index contributed by atoms with van der Waals surface area (Å²) in [5, 5.41) is 0. The number of carbonyl (C=O) groups excluding carboxylic acids is 1. The van der Waals surface area contributed by atoms with Crippen LogP contribution in [0.5, 0.6) is 11.5 Å². The van der Waals surface area contributed by atoms with Gasteiger partial charge < -0.3 is 14.4 Å². The van der Waals surface area contributed by atoms with Gasteiger partial charge >= 0.3 is 0 Å². The molecule has 0 aromatic heterocycles. The highest BCUT2D eigenvalue weighted by Gasteiger charge is 2.29. The van der Waals surface area contributed by atoms with Gasteiger partial charge in [-0.15, -0.1) is 0 Å². The van der Waals surface area contributed by atoms with Crippen molar-refractivity contribution in [3.8, 4) is 11.5 Å². The van der Waals surface area contributed by atoms with Gasteiger partial charge in [-0.25, -0.2) is 8.42 Å². The Hall–Kier alpha value is -2.74. The number of benzene rings is 2. The largest absolute Gasteiger partial charge is 0.493 e. The van der Waals surface area contributed by atoms with Crippen molar-refractivity contribution in [2.24, 2.45) is 5.92 Å². The van der Waals surface area contributed by atoms with E-state index in [1.165, 1.54) is 26.8 Å². The lowest BCUT2D eigenvalue weighted by atomic mass is 9.90. The van der Waals surface area contributed by atoms with Crippen LogP contribution in [0.3, 0.4) is 0 Å². The molecule has 0 spiro atoms. The first-order valence-corrected chi connectivity index (χ1v) is 12.5. The minimum atomic E-state index is -3.56. The van der Waals surface area contributed by atoms with Gasteiger partial charge in [0.05, 0.1) is 31.2 Å². The third-order valence-electron chi connectivity index (χ3n) is 6.12. The quantitative estimate of drug-likeness (QED) is 0.602. The van der Waals surface area contributed by atoms with E-state index < -0.39 is 10.0 Å². The smallest absolute Gasteiger partial charge is 0.256 e. The second-order valence-electron chi connectivity index (χ2n) is 8.02. The maximum absolute atomic E-state index is 13.5. The van der Waals surface area contributed by atoms with Crippen molar-refractivity contribution in [1.82, 2.24) is 4.90 Å². The number of amides is 1. The van der Waals surface area contributed by atoms with Crippen molar-refractivity contribution in [1.29, 1.82) is 0 Å². The summed E-state index contributed by atoms with van der Waals surface area (Å²) >= 11 is 0. The van der Waals surface area contributed by atoms with Gasteiger partial charge in [0.15, 0.2) is 11.5 Å². The van der Waals surface area contributed by atoms with Gasteiger partial charge in [0, 0.05) is 26.2 Å². The Morgan fingerprint density at radius 2 is 1.66 bits per heavy atom. The number of rotatable bonds is 8. The van der Waals surface area contributed by atoms with Gasteiger partial charge in [-0.3, -0.25) is 9.10 Å². The molecule has 8 heteroatoms. The highest BCUT2D eigenvalue weighted by molar-refractivity contribution is 7.92. The molecule has 1 aliphatic rings. The molecule has 1 saturated heterocycles. The van der Waals surface area contributed by atoms with Gasteiger partial charge in [0.1, 0.15) is 0 Å². The first kappa shape index (κ1) is 23.9. The fourth-order valence-corrected chi connectivity index (χ4v) is 4.94. The lowest BCUT2D eigenvalue weighted by molar-refractivity contribution is 0.0691. The summed E-state index contributed by atoms with van der Waals surface area (Å²) in [4.78, 5) is 15.3. The van der Waals surface area contributed by atoms with E-state index in [0.717, 1.165) is 23.6 Å². The number of hydrogen-bond donors (Lipinski definition) is 0. The summed E-state index contributed by atoms with van der Waals surface area (Å²) in [6.07, 6.45) is 2.82. The number of sulfonamides is 1. The summed E-state index contributed by atoms with van der Waals surface area (Å²) in [5.41, 5.74) is 1.90. The molecule has 3 rings (SSSR count). The number of carbonyl (C=O) groups is 1. The molecule has 2 aromatic carbocycles. The molecule has 0 aliphatic carbocycles. The van der Waals surface area contributed by atoms with Crippen molar-refractivity contribution < 1.29 is 22.7 Å². The van der Waals surface area contributed by atoms with Gasteiger partial charge in [0.25, 0.3) is 5.91 Å². The highest BCUT2D eigenvalue weighted by Crippen LogP contribution is 2.37. The van der Waals surface area contributed by atoms with Crippen LogP contribution in [0.1, 0.15) is 35.7 Å². The number of nitrogens with zero attached hydrogens (tertiary/aromatic N) is 2. The molecule has 1 heterocycles. The van der Waals surface area contributed by atoms with E-state index in [0.29, 0.717) is 41.8 Å². The summed E-state index contributed by atoms with van der Waals surface area (Å²) < 4.78 is 37.0. The Morgan fingerprint density at radius 1 is 1.06 bits per heavy atom. The zero-order valence-electron chi connectivity index (χ0n) is 19.2. The molecule has 0 bridgehead atoms. The normalized spacial score (nSPS) is 14.8. The van der Waals surface area contributed by atoms with E-state index in [1.807, 2.05) is 18.2 Å². The Labute approximate surface area is 191 Å². The van der Waals surface area contributed by atoms with Crippen LogP contribution in [0.15, 0.2) is 42.5 Å². The number of anilines is 1. The Balaban J connectivity index is 1.84. The first-order valence-electron chi connectivity index (χ1n) is 10.9. The molecule has 7 nitrogen and oxygen atoms in total. The van der Waals surface area contributed by atoms with Crippen molar-refractivity contribution in [3.05, 3.63) is 53.6 Å². The molecule has 2 aromatic rings. The lowest BCUT2D eigenvalue weighted by Crippen LogP contribution is -2.40. The monoisotopic (exact) mass is 460 g/mol. The molecule has 174 valence electrons. The molecule has 32 heavy (non-hydrogen) atoms. The van der Waals surface area contributed by atoms with Crippen LogP contribution in [0.25, 0.3) is 0 Å². The molecule has 1 fully saturated rings. The topological polar surface area (TPSA) is 76.1 Å². The van der Waals surface area contributed by atoms with E-state index in [1.54, 1.807) is 24.0 Å². The van der Waals surface area contributed by atoms with Crippen molar-refractivity contribution in [2.75, 3.05) is 44.4 Å². The molecule has 1 aliphatic heterocycles. The third kappa shape index (κ3) is 5.18. The lowest BCUT2D eigenvalue weighted by Gasteiger charge is -2.33. The molecule has 0 N–H and O–H groups in total. The predicted molar refractivity (Wildman–Crippen MR) is 126 cm³/mol. The zero-order chi connectivity index (χ0) is 23.3. The Kier molecular flexibility index (Phi) is 7.66. The van der Waals surface area contributed by atoms with E-state index in [4.69, 9.17) is 9.47 Å². The summed E-state index contributed by atoms with van der Waals surface area (Å²) in [7, 11) is 0.876. The number of methoxy groups -OCH3 is 2. The fourth-order valence-electron chi connectivity index (χ4n) is 4.10. The predicted octanol–water partition coefficient (Wildman–Crippen LogP) is 3.58. The fraction of sp³-hybridized carbons (Fsp3) is 0.458. The van der Waals surface area contributed by atoms with Crippen LogP contribution in [0.4, 0.5) is 5.69 Å². The maximum atomic E-state index is 13.5. The Bertz CT molecular complexity index is 1030. The molecule has 0 atom stereocenters. The first-order chi connectivity index (χ1) is 15.3. The summed E-state index contributed by atoms with van der Waals surface area (Å²) in [6, 6.07) is 13.5. The second kappa shape index (κ2) is 10.3. The van der Waals surface area contributed by atoms with E-state index in [-0.39, 0.29) is 11.7 Å². The van der Waals surface area contributed by atoms with Gasteiger partial charge in [-0.2, -0.15) is 0 Å². The SMILES string of the molecule is CCS(=O)(=O)N(C)c1cc(OC)c(OC)cc1C(=O)N1CCC(Cc2ccccc2)CC1. The Morgan fingerprint density at radius 3 is 2.22 bits per heavy atom. The molecule has 0 saturated carbocycles. The number of hydrogen-bond acceptors (Lipinski definition) is 5. The van der Waals surface area contributed by atoms with E-state index >= 15 is 0 Å². The van der Waals surface area contributed by atoms with Crippen molar-refractivity contribution in [3.63, 3.8) is 0 Å². The molecular weight excluding hydrogens is 428 g/mol. The van der Waals surface area contributed by atoms with Gasteiger partial charge in [0.2, 0.25) is 10.0 Å². The van der Waals surface area contributed by atoms with Crippen LogP contribution in [0, 0.1) is 5.92 Å². The molecule has 0 radical (unpaired) electrons. The van der Waals surface area contributed by atoms with Crippen LogP contribution < -0.4 is 13.8 Å². The van der Waals surface area contributed by atoms with E-state index in [2.05, 4.69) is 12.1 Å². The second-order valence-corrected chi connectivity index (χ2v) is 10.3. The summed E-state index contributed by atoms with van der Waals surface area (Å²) in [6.45, 7) is 2.84. The highest BCUT2D eigenvalue weighted by atomic mass is 32.2. The van der Waals surface area contributed by atoms with Crippen LogP contribution in [-0.4, -0.2) is 59.3 Å². The minimum absolute atomic E-state index is 0.0731. The average molecular weight is 461 g/mol. The van der Waals surface area contributed by atoms with E-state index in [9.17, 15) is 13.2 Å². The minimum Gasteiger partial charge on any atom is -0.493 e. The van der Waals surface area contributed by atoms with Crippen molar-refractivity contribution >= 4 is 21.6 Å². The van der Waals surface area contributed by atoms with Crippen LogP contribution in [0.2, 0.25) is 0 Å². The van der Waals surface area contributed by atoms with Gasteiger partial charge in [-0.05, 0) is 43.7 Å². The van der Waals surface area contributed by atoms with Crippen LogP contribution >= 0.6 is 0 Å². The molecule has 1 amide bonds. The third-order valence-corrected chi connectivity index (χ3v) is 7.88. The summed E-state index contributed by atoms with van der Waals surface area (Å²) in [5.74, 6) is 1.02. The zero-order valence-corrected chi connectivity index (χ0v) is 20.0. The van der Waals surface area contributed by atoms with Crippen molar-refractivity contribution in [2.45, 2.75) is 26.2 Å². The average Bonchev–Trinajstić information content (AvgIpc) is 2.83. The number of piperidine rings is 1. The standard InChI is InChI=1S/C24H32N2O5S/c1-5-32(28,29)25(2)21-17-23(31-4)22(30-3)16-20(21)24(27)26-13-11-19(12-14-26)15-18-9-7-6-8-10-18/h6-10,16-17,19H,5,11-15H2,1-4H3.